The average molecular weight is 461 g/mol. The van der Waals surface area contributed by atoms with Gasteiger partial charge in [0.1, 0.15) is 0 Å². The molecule has 3 aromatic heterocycles. The van der Waals surface area contributed by atoms with E-state index < -0.39 is 10.0 Å². The zero-order valence-corrected chi connectivity index (χ0v) is 18.1. The van der Waals surface area contributed by atoms with Crippen molar-refractivity contribution in [1.82, 2.24) is 19.2 Å². The summed E-state index contributed by atoms with van der Waals surface area (Å²) in [6.45, 7) is 0.731. The lowest BCUT2D eigenvalue weighted by Crippen LogP contribution is -2.51. The van der Waals surface area contributed by atoms with Crippen molar-refractivity contribution in [3.63, 3.8) is 0 Å². The van der Waals surface area contributed by atoms with Crippen LogP contribution in [-0.4, -0.2) is 53.1 Å². The van der Waals surface area contributed by atoms with E-state index in [-0.39, 0.29) is 28.2 Å². The van der Waals surface area contributed by atoms with Gasteiger partial charge in [-0.1, -0.05) is 29.8 Å². The van der Waals surface area contributed by atoms with E-state index in [9.17, 15) is 13.2 Å². The van der Waals surface area contributed by atoms with Crippen molar-refractivity contribution < 1.29 is 13.2 Å². The zero-order chi connectivity index (χ0) is 20.9. The molecule has 5 rings (SSSR count). The summed E-state index contributed by atoms with van der Waals surface area (Å²) in [6, 6.07) is 11.1. The minimum absolute atomic E-state index is 0.0923. The number of pyridine rings is 1. The molecule has 0 aliphatic carbocycles. The summed E-state index contributed by atoms with van der Waals surface area (Å²) in [6.07, 6.45) is 3.47. The highest BCUT2D eigenvalue weighted by molar-refractivity contribution is 7.91. The van der Waals surface area contributed by atoms with Gasteiger partial charge in [-0.2, -0.15) is 4.31 Å². The molecule has 30 heavy (non-hydrogen) atoms. The molecule has 0 atom stereocenters. The highest BCUT2D eigenvalue weighted by Gasteiger charge is 2.35. The number of rotatable bonds is 4. The molecule has 0 saturated carbocycles. The second-order valence-electron chi connectivity index (χ2n) is 7.11. The van der Waals surface area contributed by atoms with Gasteiger partial charge in [0.05, 0.1) is 18.1 Å². The van der Waals surface area contributed by atoms with Crippen molar-refractivity contribution in [2.24, 2.45) is 0 Å². The summed E-state index contributed by atoms with van der Waals surface area (Å²) < 4.78 is 28.5. The molecule has 10 heteroatoms. The van der Waals surface area contributed by atoms with Crippen molar-refractivity contribution in [2.75, 3.05) is 19.6 Å². The van der Waals surface area contributed by atoms with E-state index in [1.165, 1.54) is 4.31 Å². The molecule has 1 amide bonds. The van der Waals surface area contributed by atoms with Crippen LogP contribution < -0.4 is 0 Å². The Morgan fingerprint density at radius 3 is 2.80 bits per heavy atom. The first-order valence-electron chi connectivity index (χ1n) is 9.30. The lowest BCUT2D eigenvalue weighted by Gasteiger charge is -2.33. The van der Waals surface area contributed by atoms with Gasteiger partial charge in [-0.05, 0) is 18.2 Å². The number of thiophene rings is 1. The number of benzene rings is 1. The second kappa shape index (κ2) is 7.35. The smallest absolute Gasteiger partial charge is 0.254 e. The van der Waals surface area contributed by atoms with Crippen LogP contribution in [0.5, 0.6) is 0 Å². The minimum atomic E-state index is -3.85. The molecule has 154 valence electrons. The van der Waals surface area contributed by atoms with E-state index in [0.29, 0.717) is 18.5 Å². The second-order valence-corrected chi connectivity index (χ2v) is 10.7. The number of amides is 1. The predicted molar refractivity (Wildman–Crippen MR) is 117 cm³/mol. The van der Waals surface area contributed by atoms with Gasteiger partial charge in [-0.3, -0.25) is 9.78 Å². The number of halogens is 1. The van der Waals surface area contributed by atoms with E-state index in [1.54, 1.807) is 23.4 Å². The van der Waals surface area contributed by atoms with Gasteiger partial charge in [0.25, 0.3) is 10.0 Å². The molecular formula is C20H17ClN4O3S2. The largest absolute Gasteiger partial charge is 0.357 e. The first kappa shape index (κ1) is 19.5. The first-order chi connectivity index (χ1) is 14.4. The average Bonchev–Trinajstić information content (AvgIpc) is 3.30. The Kier molecular flexibility index (Phi) is 4.78. The van der Waals surface area contributed by atoms with Crippen LogP contribution >= 0.6 is 22.9 Å². The summed E-state index contributed by atoms with van der Waals surface area (Å²) >= 11 is 7.51. The van der Waals surface area contributed by atoms with Crippen molar-refractivity contribution >= 4 is 59.9 Å². The van der Waals surface area contributed by atoms with Crippen LogP contribution in [0.15, 0.2) is 53.0 Å². The molecule has 4 aromatic rings. The molecule has 1 fully saturated rings. The molecule has 0 bridgehead atoms. The van der Waals surface area contributed by atoms with Crippen molar-refractivity contribution in [2.45, 2.75) is 10.8 Å². The number of hydrogen-bond donors (Lipinski definition) is 1. The first-order valence-corrected chi connectivity index (χ1v) is 11.9. The SMILES string of the molecule is O=C1CN(S(=O)(=O)c2sc3ccccc3c2Cl)CCN1Cc1cc2cnccc2[nH]1. The van der Waals surface area contributed by atoms with Crippen molar-refractivity contribution in [3.05, 3.63) is 59.5 Å². The number of H-pyrrole nitrogens is 1. The molecule has 1 saturated heterocycles. The number of aromatic nitrogens is 2. The quantitative estimate of drug-likeness (QED) is 0.505. The molecule has 0 radical (unpaired) electrons. The molecule has 1 aliphatic heterocycles. The van der Waals surface area contributed by atoms with Crippen LogP contribution in [0.3, 0.4) is 0 Å². The molecule has 1 N–H and O–H groups in total. The minimum Gasteiger partial charge on any atom is -0.357 e. The zero-order valence-electron chi connectivity index (χ0n) is 15.7. The Bertz CT molecular complexity index is 1350. The maximum Gasteiger partial charge on any atom is 0.254 e. The van der Waals surface area contributed by atoms with Gasteiger partial charge >= 0.3 is 0 Å². The Labute approximate surface area is 181 Å². The Morgan fingerprint density at radius 1 is 1.20 bits per heavy atom. The Hall–Kier alpha value is -2.46. The fraction of sp³-hybridized carbons (Fsp3) is 0.200. The highest BCUT2D eigenvalue weighted by Crippen LogP contribution is 2.39. The number of nitrogens with zero attached hydrogens (tertiary/aromatic N) is 3. The Balaban J connectivity index is 1.35. The van der Waals surface area contributed by atoms with Gasteiger partial charge in [0.15, 0.2) is 4.21 Å². The molecule has 0 spiro atoms. The monoisotopic (exact) mass is 460 g/mol. The van der Waals surface area contributed by atoms with Gasteiger partial charge in [-0.25, -0.2) is 8.42 Å². The molecule has 0 unspecified atom stereocenters. The van der Waals surface area contributed by atoms with Crippen LogP contribution in [0.4, 0.5) is 0 Å². The van der Waals surface area contributed by atoms with E-state index in [4.69, 9.17) is 11.6 Å². The number of nitrogens with one attached hydrogen (secondary N) is 1. The van der Waals surface area contributed by atoms with Crippen LogP contribution in [0.2, 0.25) is 5.02 Å². The number of sulfonamides is 1. The molecule has 7 nitrogen and oxygen atoms in total. The summed E-state index contributed by atoms with van der Waals surface area (Å²) in [5.41, 5.74) is 1.84. The van der Waals surface area contributed by atoms with E-state index >= 15 is 0 Å². The fourth-order valence-electron chi connectivity index (χ4n) is 3.66. The van der Waals surface area contributed by atoms with Crippen LogP contribution in [-0.2, 0) is 21.4 Å². The number of aromatic amines is 1. The Morgan fingerprint density at radius 2 is 2.03 bits per heavy atom. The number of carbonyl (C=O) groups excluding carboxylic acids is 1. The molecule has 4 heterocycles. The lowest BCUT2D eigenvalue weighted by atomic mass is 10.3. The normalized spacial score (nSPS) is 16.0. The van der Waals surface area contributed by atoms with Crippen LogP contribution in [0, 0.1) is 0 Å². The molecule has 1 aliphatic rings. The summed E-state index contributed by atoms with van der Waals surface area (Å²) in [4.78, 5) is 21.8. The fourth-order valence-corrected chi connectivity index (χ4v) is 7.29. The van der Waals surface area contributed by atoms with E-state index in [2.05, 4.69) is 9.97 Å². The maximum atomic E-state index is 13.2. The standard InChI is InChI=1S/C20H17ClN4O3S2/c21-19-15-3-1-2-4-17(15)29-20(19)30(27,28)25-8-7-24(18(26)12-25)11-14-9-13-10-22-6-5-16(13)23-14/h1-6,9-10,23H,7-8,11-12H2. The highest BCUT2D eigenvalue weighted by atomic mass is 35.5. The number of piperazine rings is 1. The van der Waals surface area contributed by atoms with Crippen molar-refractivity contribution in [1.29, 1.82) is 0 Å². The number of carbonyl (C=O) groups is 1. The van der Waals surface area contributed by atoms with E-state index in [0.717, 1.165) is 32.6 Å². The summed E-state index contributed by atoms with van der Waals surface area (Å²) in [5.74, 6) is -0.237. The van der Waals surface area contributed by atoms with Gasteiger partial charge in [0.2, 0.25) is 5.91 Å². The summed E-state index contributed by atoms with van der Waals surface area (Å²) in [7, 11) is -3.85. The summed E-state index contributed by atoms with van der Waals surface area (Å²) in [5, 5.41) is 1.90. The molecular weight excluding hydrogens is 444 g/mol. The third-order valence-corrected chi connectivity index (χ3v) is 9.33. The van der Waals surface area contributed by atoms with Gasteiger partial charge in [0, 0.05) is 52.2 Å². The van der Waals surface area contributed by atoms with Crippen LogP contribution in [0.25, 0.3) is 21.0 Å². The number of hydrogen-bond acceptors (Lipinski definition) is 5. The third-order valence-electron chi connectivity index (χ3n) is 5.20. The topological polar surface area (TPSA) is 86.4 Å². The lowest BCUT2D eigenvalue weighted by molar-refractivity contribution is -0.134. The van der Waals surface area contributed by atoms with Crippen LogP contribution in [0.1, 0.15) is 5.69 Å². The van der Waals surface area contributed by atoms with Gasteiger partial charge < -0.3 is 9.88 Å². The van der Waals surface area contributed by atoms with Gasteiger partial charge in [-0.15, -0.1) is 11.3 Å². The maximum absolute atomic E-state index is 13.2. The number of fused-ring (bicyclic) bond motifs is 2. The predicted octanol–water partition coefficient (Wildman–Crippen LogP) is 3.46. The van der Waals surface area contributed by atoms with E-state index in [1.807, 2.05) is 30.3 Å². The third kappa shape index (κ3) is 3.27. The molecule has 1 aromatic carbocycles. The van der Waals surface area contributed by atoms with Crippen molar-refractivity contribution in [3.8, 4) is 0 Å².